The monoisotopic (exact) mass is 339 g/mol. The topological polar surface area (TPSA) is 78.1 Å². The summed E-state index contributed by atoms with van der Waals surface area (Å²) < 4.78 is 23.1. The summed E-state index contributed by atoms with van der Waals surface area (Å²) >= 11 is 0. The first-order chi connectivity index (χ1) is 11.8. The molecular weight excluding hydrogens is 326 g/mol. The molecule has 2 heterocycles. The molecule has 1 aromatic carbocycles. The number of hydrogen-bond donors (Lipinski definition) is 0. The highest BCUT2D eigenvalue weighted by molar-refractivity contribution is 7.83. The fourth-order valence-corrected chi connectivity index (χ4v) is 2.78. The Kier molecular flexibility index (Phi) is 4.99. The van der Waals surface area contributed by atoms with Gasteiger partial charge in [-0.2, -0.15) is 0 Å². The Bertz CT molecular complexity index is 870. The van der Waals surface area contributed by atoms with Crippen molar-refractivity contribution in [2.24, 2.45) is 0 Å². The minimum absolute atomic E-state index is 0.0725. The first kappa shape index (κ1) is 15.9. The number of nitrogens with zero attached hydrogens (tertiary/aromatic N) is 3. The predicted molar refractivity (Wildman–Crippen MR) is 88.4 cm³/mol. The highest BCUT2D eigenvalue weighted by Crippen LogP contribution is 2.22. The Morgan fingerprint density at radius 2 is 2.00 bits per heavy atom. The molecule has 6 nitrogen and oxygen atoms in total. The maximum atomic E-state index is 12.3. The Labute approximate surface area is 141 Å². The third kappa shape index (κ3) is 3.86. The summed E-state index contributed by atoms with van der Waals surface area (Å²) in [6.45, 7) is 0.205. The van der Waals surface area contributed by atoms with Gasteiger partial charge in [-0.05, 0) is 36.4 Å². The molecule has 0 saturated heterocycles. The Morgan fingerprint density at radius 1 is 1.17 bits per heavy atom. The molecule has 0 amide bonds. The molecule has 0 aliphatic heterocycles. The van der Waals surface area contributed by atoms with Crippen molar-refractivity contribution in [2.75, 3.05) is 6.61 Å². The van der Waals surface area contributed by atoms with Gasteiger partial charge in [0, 0.05) is 11.8 Å². The normalized spacial score (nSPS) is 11.6. The highest BCUT2D eigenvalue weighted by atomic mass is 32.2. The lowest BCUT2D eigenvalue weighted by Crippen LogP contribution is -1.98. The molecular formula is C17H13N3O3S. The summed E-state index contributed by atoms with van der Waals surface area (Å²) in [6.07, 6.45) is 6.79. The molecule has 3 rings (SSSR count). The van der Waals surface area contributed by atoms with Crippen molar-refractivity contribution in [3.05, 3.63) is 54.4 Å². The first-order valence-corrected chi connectivity index (χ1v) is 8.36. The molecule has 24 heavy (non-hydrogen) atoms. The molecule has 0 radical (unpaired) electrons. The van der Waals surface area contributed by atoms with E-state index < -0.39 is 10.8 Å². The summed E-state index contributed by atoms with van der Waals surface area (Å²) in [7, 11) is -1.45. The van der Waals surface area contributed by atoms with Crippen LogP contribution in [0.15, 0.2) is 58.3 Å². The van der Waals surface area contributed by atoms with Gasteiger partial charge in [0.05, 0.1) is 11.4 Å². The van der Waals surface area contributed by atoms with Crippen LogP contribution >= 0.6 is 0 Å². The zero-order chi connectivity index (χ0) is 16.8. The van der Waals surface area contributed by atoms with Crippen LogP contribution in [0.1, 0.15) is 5.69 Å². The first-order valence-electron chi connectivity index (χ1n) is 7.05. The summed E-state index contributed by atoms with van der Waals surface area (Å²) in [4.78, 5) is 4.13. The number of rotatable bonds is 6. The lowest BCUT2D eigenvalue weighted by molar-refractivity contribution is 0.370. The lowest BCUT2D eigenvalue weighted by Gasteiger charge is -2.01. The van der Waals surface area contributed by atoms with Gasteiger partial charge in [-0.25, -0.2) is 4.21 Å². The van der Waals surface area contributed by atoms with Gasteiger partial charge < -0.3 is 9.15 Å². The molecule has 3 aromatic rings. The van der Waals surface area contributed by atoms with E-state index in [1.165, 1.54) is 0 Å². The maximum Gasteiger partial charge on any atom is 0.308 e. The fourth-order valence-electron chi connectivity index (χ4n) is 1.92. The summed E-state index contributed by atoms with van der Waals surface area (Å²) in [5.74, 6) is 3.56. The third-order valence-corrected chi connectivity index (χ3v) is 4.14. The van der Waals surface area contributed by atoms with Crippen LogP contribution in [0.25, 0.3) is 11.5 Å². The van der Waals surface area contributed by atoms with Crippen LogP contribution in [-0.4, -0.2) is 26.0 Å². The maximum absolute atomic E-state index is 12.3. The van der Waals surface area contributed by atoms with Crippen LogP contribution in [0, 0.1) is 12.3 Å². The molecule has 0 N–H and O–H groups in total. The number of hydrogen-bond acceptors (Lipinski definition) is 6. The molecule has 0 aliphatic rings. The Morgan fingerprint density at radius 3 is 2.71 bits per heavy atom. The zero-order valence-electron chi connectivity index (χ0n) is 12.6. The smallest absolute Gasteiger partial charge is 0.308 e. The number of benzene rings is 1. The van der Waals surface area contributed by atoms with Gasteiger partial charge in [-0.1, -0.05) is 17.1 Å². The summed E-state index contributed by atoms with van der Waals surface area (Å²) in [6, 6.07) is 12.5. The van der Waals surface area contributed by atoms with Crippen LogP contribution in [-0.2, 0) is 16.6 Å². The lowest BCUT2D eigenvalue weighted by atomic mass is 10.2. The molecule has 0 aliphatic carbocycles. The van der Waals surface area contributed by atoms with E-state index in [1.807, 2.05) is 6.07 Å². The fraction of sp³-hybridized carbons (Fsp3) is 0.118. The van der Waals surface area contributed by atoms with Gasteiger partial charge in [-0.15, -0.1) is 11.5 Å². The van der Waals surface area contributed by atoms with Gasteiger partial charge in [0.25, 0.3) is 0 Å². The van der Waals surface area contributed by atoms with Crippen molar-refractivity contribution in [3.63, 3.8) is 0 Å². The van der Waals surface area contributed by atoms with Gasteiger partial charge >= 0.3 is 5.22 Å². The minimum Gasteiger partial charge on any atom is -0.481 e. The number of terminal acetylenes is 1. The molecule has 0 fully saturated rings. The van der Waals surface area contributed by atoms with Crippen molar-refractivity contribution in [2.45, 2.75) is 11.0 Å². The van der Waals surface area contributed by atoms with Gasteiger partial charge in [0.1, 0.15) is 23.2 Å². The van der Waals surface area contributed by atoms with Gasteiger partial charge in [0.2, 0.25) is 5.89 Å². The van der Waals surface area contributed by atoms with E-state index in [0.29, 0.717) is 22.9 Å². The van der Waals surface area contributed by atoms with Crippen LogP contribution < -0.4 is 4.74 Å². The van der Waals surface area contributed by atoms with Crippen molar-refractivity contribution in [1.29, 1.82) is 0 Å². The van der Waals surface area contributed by atoms with Crippen molar-refractivity contribution >= 4 is 10.8 Å². The van der Waals surface area contributed by atoms with Crippen molar-refractivity contribution in [3.8, 4) is 29.5 Å². The third-order valence-electron chi connectivity index (χ3n) is 3.03. The second-order valence-corrected chi connectivity index (χ2v) is 6.03. The van der Waals surface area contributed by atoms with E-state index in [4.69, 9.17) is 15.6 Å². The second-order valence-electron chi connectivity index (χ2n) is 4.70. The van der Waals surface area contributed by atoms with Crippen LogP contribution in [0.3, 0.4) is 0 Å². The van der Waals surface area contributed by atoms with Crippen molar-refractivity contribution in [1.82, 2.24) is 15.2 Å². The Balaban J connectivity index is 1.71. The molecule has 1 unspecified atom stereocenters. The van der Waals surface area contributed by atoms with Crippen LogP contribution in [0.2, 0.25) is 0 Å². The van der Waals surface area contributed by atoms with E-state index >= 15 is 0 Å². The number of ether oxygens (including phenoxy) is 1. The Hall–Kier alpha value is -2.98. The van der Waals surface area contributed by atoms with Crippen molar-refractivity contribution < 1.29 is 13.4 Å². The molecule has 0 spiro atoms. The van der Waals surface area contributed by atoms with E-state index in [1.54, 1.807) is 42.6 Å². The standard InChI is InChI=1S/C17H13N3O3S/c1-2-11-22-15-8-6-13(7-9-15)16-19-20-17(23-16)24(21)12-14-5-3-4-10-18-14/h1,3-10H,11-12H2. The van der Waals surface area contributed by atoms with Gasteiger partial charge in [0.15, 0.2) is 0 Å². The van der Waals surface area contributed by atoms with E-state index in [0.717, 1.165) is 0 Å². The minimum atomic E-state index is -1.45. The average molecular weight is 339 g/mol. The van der Waals surface area contributed by atoms with Crippen LogP contribution in [0.4, 0.5) is 0 Å². The summed E-state index contributed by atoms with van der Waals surface area (Å²) in [5.41, 5.74) is 1.40. The highest BCUT2D eigenvalue weighted by Gasteiger charge is 2.15. The molecule has 0 bridgehead atoms. The quantitative estimate of drug-likeness (QED) is 0.642. The number of pyridine rings is 1. The summed E-state index contributed by atoms with van der Waals surface area (Å²) in [5, 5.41) is 7.87. The largest absolute Gasteiger partial charge is 0.481 e. The van der Waals surface area contributed by atoms with Gasteiger partial charge in [-0.3, -0.25) is 4.98 Å². The molecule has 120 valence electrons. The zero-order valence-corrected chi connectivity index (χ0v) is 13.4. The predicted octanol–water partition coefficient (Wildman–Crippen LogP) is 2.45. The molecule has 0 saturated carbocycles. The SMILES string of the molecule is C#CCOc1ccc(-c2nnc(S(=O)Cc3ccccn3)o2)cc1. The van der Waals surface area contributed by atoms with Crippen LogP contribution in [0.5, 0.6) is 5.75 Å². The number of aromatic nitrogens is 3. The molecule has 2 aromatic heterocycles. The second kappa shape index (κ2) is 7.53. The van der Waals surface area contributed by atoms with E-state index in [9.17, 15) is 4.21 Å². The average Bonchev–Trinajstić information content (AvgIpc) is 3.11. The molecule has 7 heteroatoms. The van der Waals surface area contributed by atoms with E-state index in [-0.39, 0.29) is 17.6 Å². The molecule has 1 atom stereocenters. The van der Waals surface area contributed by atoms with E-state index in [2.05, 4.69) is 21.1 Å².